The fourth-order valence-electron chi connectivity index (χ4n) is 4.36. The van der Waals surface area contributed by atoms with Crippen LogP contribution in [0, 0.1) is 5.92 Å². The second kappa shape index (κ2) is 8.68. The van der Waals surface area contributed by atoms with E-state index in [1.165, 1.54) is 0 Å². The third kappa shape index (κ3) is 4.48. The molecule has 2 aliphatic heterocycles. The molecule has 2 aromatic rings. The summed E-state index contributed by atoms with van der Waals surface area (Å²) < 4.78 is 25.0. The summed E-state index contributed by atoms with van der Waals surface area (Å²) in [5, 5.41) is 4.57. The number of aromatic nitrogens is 2. The minimum Gasteiger partial charge on any atom is -0.497 e. The zero-order chi connectivity index (χ0) is 24.0. The second-order valence-electron chi connectivity index (χ2n) is 10.00. The topological polar surface area (TPSA) is 75.0 Å². The van der Waals surface area contributed by atoms with E-state index in [2.05, 4.69) is 12.0 Å². The van der Waals surface area contributed by atoms with Gasteiger partial charge in [0.1, 0.15) is 11.5 Å². The van der Waals surface area contributed by atoms with Crippen molar-refractivity contribution in [3.05, 3.63) is 36.2 Å². The van der Waals surface area contributed by atoms with Crippen LogP contribution in [0.25, 0.3) is 0 Å². The molecule has 0 aliphatic carbocycles. The fourth-order valence-corrected chi connectivity index (χ4v) is 4.36. The lowest BCUT2D eigenvalue weighted by molar-refractivity contribution is -0.128. The second-order valence-corrected chi connectivity index (χ2v) is 10.00. The molecule has 3 heterocycles. The van der Waals surface area contributed by atoms with E-state index >= 15 is 0 Å². The highest BCUT2D eigenvalue weighted by Crippen LogP contribution is 2.37. The maximum atomic E-state index is 12.8. The van der Waals surface area contributed by atoms with E-state index in [-0.39, 0.29) is 17.9 Å². The van der Waals surface area contributed by atoms with Crippen molar-refractivity contribution in [1.29, 1.82) is 0 Å². The third-order valence-electron chi connectivity index (χ3n) is 7.35. The summed E-state index contributed by atoms with van der Waals surface area (Å²) in [6.07, 6.45) is 4.27. The Morgan fingerprint density at radius 1 is 1.18 bits per heavy atom. The summed E-state index contributed by atoms with van der Waals surface area (Å²) in [4.78, 5) is 14.7. The Hall–Kier alpha value is -2.52. The van der Waals surface area contributed by atoms with Crippen LogP contribution in [0.1, 0.15) is 52.6 Å². The van der Waals surface area contributed by atoms with Crippen molar-refractivity contribution < 1.29 is 23.6 Å². The predicted octanol–water partition coefficient (Wildman–Crippen LogP) is 2.81. The van der Waals surface area contributed by atoms with Crippen molar-refractivity contribution in [3.8, 4) is 11.5 Å². The molecule has 2 unspecified atom stereocenters. The number of hydrogen-bond acceptors (Lipinski definition) is 6. The molecule has 2 saturated heterocycles. The lowest BCUT2D eigenvalue weighted by atomic mass is 9.82. The van der Waals surface area contributed by atoms with Crippen LogP contribution in [0.4, 0.5) is 0 Å². The molecule has 1 amide bonds. The van der Waals surface area contributed by atoms with E-state index in [1.54, 1.807) is 20.4 Å². The van der Waals surface area contributed by atoms with Crippen LogP contribution in [-0.4, -0.2) is 59.7 Å². The standard InChI is InChI=1S/C24H34BN3O5/c1-16(28-15-19(12-26-28)25-32-23(2,3)24(4,5)33-25)18-10-22(29)27(14-18)13-17-8-9-20(30-6)11-21(17)31-7/h8-9,11-12,15-16,18H,10,13-14H2,1-7H3. The van der Waals surface area contributed by atoms with Gasteiger partial charge in [0.25, 0.3) is 0 Å². The summed E-state index contributed by atoms with van der Waals surface area (Å²) in [5.41, 5.74) is 1.06. The van der Waals surface area contributed by atoms with Crippen LogP contribution >= 0.6 is 0 Å². The number of likely N-dealkylation sites (tertiary alicyclic amines) is 1. The predicted molar refractivity (Wildman–Crippen MR) is 126 cm³/mol. The molecule has 178 valence electrons. The first-order valence-corrected chi connectivity index (χ1v) is 11.4. The zero-order valence-corrected chi connectivity index (χ0v) is 20.6. The normalized spacial score (nSPS) is 22.6. The van der Waals surface area contributed by atoms with Gasteiger partial charge in [-0.2, -0.15) is 5.10 Å². The Bertz CT molecular complexity index is 1010. The molecular formula is C24H34BN3O5. The Morgan fingerprint density at radius 3 is 2.52 bits per heavy atom. The maximum Gasteiger partial charge on any atom is 0.498 e. The van der Waals surface area contributed by atoms with Gasteiger partial charge in [-0.25, -0.2) is 0 Å². The molecule has 33 heavy (non-hydrogen) atoms. The van der Waals surface area contributed by atoms with E-state index in [0.717, 1.165) is 22.5 Å². The van der Waals surface area contributed by atoms with Gasteiger partial charge in [0.15, 0.2) is 0 Å². The Kier molecular flexibility index (Phi) is 6.22. The summed E-state index contributed by atoms with van der Waals surface area (Å²) in [6, 6.07) is 5.75. The van der Waals surface area contributed by atoms with E-state index in [9.17, 15) is 4.79 Å². The van der Waals surface area contributed by atoms with Crippen LogP contribution < -0.4 is 14.9 Å². The molecule has 0 spiro atoms. The van der Waals surface area contributed by atoms with E-state index < -0.39 is 18.3 Å². The van der Waals surface area contributed by atoms with E-state index in [0.29, 0.717) is 19.5 Å². The van der Waals surface area contributed by atoms with Crippen LogP contribution in [0.2, 0.25) is 0 Å². The fraction of sp³-hybridized carbons (Fsp3) is 0.583. The van der Waals surface area contributed by atoms with Crippen molar-refractivity contribution in [2.24, 2.45) is 5.92 Å². The van der Waals surface area contributed by atoms with Crippen molar-refractivity contribution in [3.63, 3.8) is 0 Å². The third-order valence-corrected chi connectivity index (χ3v) is 7.35. The number of hydrogen-bond donors (Lipinski definition) is 0. The average molecular weight is 455 g/mol. The van der Waals surface area contributed by atoms with Gasteiger partial charge in [0.05, 0.1) is 31.5 Å². The van der Waals surface area contributed by atoms with Gasteiger partial charge in [-0.15, -0.1) is 0 Å². The molecule has 2 atom stereocenters. The molecule has 0 N–H and O–H groups in total. The SMILES string of the molecule is COc1ccc(CN2CC(C(C)n3cc(B4OC(C)(C)C(C)(C)O4)cn3)CC2=O)c(OC)c1. The van der Waals surface area contributed by atoms with Gasteiger partial charge in [0, 0.05) is 54.9 Å². The van der Waals surface area contributed by atoms with Crippen LogP contribution in [0.5, 0.6) is 11.5 Å². The average Bonchev–Trinajstić information content (AvgIpc) is 3.45. The van der Waals surface area contributed by atoms with Crippen molar-refractivity contribution in [1.82, 2.24) is 14.7 Å². The summed E-state index contributed by atoms with van der Waals surface area (Å²) in [6.45, 7) is 11.4. The molecule has 0 bridgehead atoms. The van der Waals surface area contributed by atoms with Gasteiger partial charge in [-0.1, -0.05) is 0 Å². The number of ether oxygens (including phenoxy) is 2. The highest BCUT2D eigenvalue weighted by molar-refractivity contribution is 6.62. The number of rotatable bonds is 7. The van der Waals surface area contributed by atoms with Gasteiger partial charge in [0.2, 0.25) is 5.91 Å². The Balaban J connectivity index is 1.43. The van der Waals surface area contributed by atoms with Crippen LogP contribution in [0.15, 0.2) is 30.6 Å². The first-order chi connectivity index (χ1) is 15.5. The lowest BCUT2D eigenvalue weighted by Gasteiger charge is -2.32. The quantitative estimate of drug-likeness (QED) is 0.598. The zero-order valence-electron chi connectivity index (χ0n) is 20.6. The van der Waals surface area contributed by atoms with E-state index in [1.807, 2.05) is 61.7 Å². The van der Waals surface area contributed by atoms with Gasteiger partial charge < -0.3 is 23.7 Å². The number of methoxy groups -OCH3 is 2. The molecule has 1 aromatic heterocycles. The van der Waals surface area contributed by atoms with Gasteiger partial charge >= 0.3 is 7.12 Å². The van der Waals surface area contributed by atoms with Crippen LogP contribution in [-0.2, 0) is 20.6 Å². The molecule has 2 aliphatic rings. The minimum absolute atomic E-state index is 0.0629. The highest BCUT2D eigenvalue weighted by Gasteiger charge is 2.52. The van der Waals surface area contributed by atoms with Crippen molar-refractivity contribution in [2.45, 2.75) is 64.8 Å². The number of amides is 1. The Labute approximate surface area is 196 Å². The summed E-state index contributed by atoms with van der Waals surface area (Å²) in [7, 11) is 2.81. The summed E-state index contributed by atoms with van der Waals surface area (Å²) >= 11 is 0. The van der Waals surface area contributed by atoms with Crippen molar-refractivity contribution >= 4 is 18.5 Å². The first kappa shape index (κ1) is 23.6. The molecular weight excluding hydrogens is 421 g/mol. The van der Waals surface area contributed by atoms with Crippen molar-refractivity contribution in [2.75, 3.05) is 20.8 Å². The number of carbonyl (C=O) groups is 1. The molecule has 0 radical (unpaired) electrons. The molecule has 9 heteroatoms. The molecule has 2 fully saturated rings. The molecule has 1 aromatic carbocycles. The Morgan fingerprint density at radius 2 is 1.88 bits per heavy atom. The molecule has 0 saturated carbocycles. The number of benzene rings is 1. The maximum absolute atomic E-state index is 12.8. The van der Waals surface area contributed by atoms with Gasteiger partial charge in [-0.3, -0.25) is 9.48 Å². The first-order valence-electron chi connectivity index (χ1n) is 11.4. The lowest BCUT2D eigenvalue weighted by Crippen LogP contribution is -2.41. The molecule has 4 rings (SSSR count). The monoisotopic (exact) mass is 455 g/mol. The largest absolute Gasteiger partial charge is 0.498 e. The minimum atomic E-state index is -0.444. The molecule has 8 nitrogen and oxygen atoms in total. The number of nitrogens with zero attached hydrogens (tertiary/aromatic N) is 3. The van der Waals surface area contributed by atoms with E-state index in [4.69, 9.17) is 18.8 Å². The van der Waals surface area contributed by atoms with Crippen LogP contribution in [0.3, 0.4) is 0 Å². The smallest absolute Gasteiger partial charge is 0.497 e. The highest BCUT2D eigenvalue weighted by atomic mass is 16.7. The van der Waals surface area contributed by atoms with Gasteiger partial charge in [-0.05, 0) is 46.8 Å². The number of carbonyl (C=O) groups excluding carboxylic acids is 1. The summed E-state index contributed by atoms with van der Waals surface area (Å²) in [5.74, 6) is 1.75.